The second-order valence-electron chi connectivity index (χ2n) is 7.26. The number of hydrogen-bond donors (Lipinski definition) is 0. The molecule has 2 aromatic rings. The Morgan fingerprint density at radius 2 is 2.12 bits per heavy atom. The minimum absolute atomic E-state index is 0.421. The van der Waals surface area contributed by atoms with Crippen molar-refractivity contribution in [2.45, 2.75) is 45.3 Å². The van der Waals surface area contributed by atoms with Crippen molar-refractivity contribution in [3.8, 4) is 0 Å². The van der Waals surface area contributed by atoms with E-state index in [0.717, 1.165) is 45.3 Å². The number of aromatic nitrogens is 4. The van der Waals surface area contributed by atoms with E-state index < -0.39 is 0 Å². The normalized spacial score (nSPS) is 21.2. The molecule has 24 heavy (non-hydrogen) atoms. The summed E-state index contributed by atoms with van der Waals surface area (Å²) in [7, 11) is 1.97. The molecule has 3 heterocycles. The van der Waals surface area contributed by atoms with Gasteiger partial charge >= 0.3 is 0 Å². The van der Waals surface area contributed by atoms with E-state index in [1.54, 1.807) is 0 Å². The van der Waals surface area contributed by atoms with Crippen LogP contribution in [0.5, 0.6) is 0 Å². The van der Waals surface area contributed by atoms with Crippen molar-refractivity contribution >= 4 is 0 Å². The van der Waals surface area contributed by atoms with Crippen LogP contribution >= 0.6 is 0 Å². The molecule has 0 saturated heterocycles. The first-order valence-electron chi connectivity index (χ1n) is 9.05. The predicted molar refractivity (Wildman–Crippen MR) is 91.5 cm³/mol. The van der Waals surface area contributed by atoms with Crippen molar-refractivity contribution in [2.24, 2.45) is 13.0 Å². The zero-order valence-electron chi connectivity index (χ0n) is 14.7. The van der Waals surface area contributed by atoms with Gasteiger partial charge in [0.1, 0.15) is 0 Å². The zero-order valence-corrected chi connectivity index (χ0v) is 14.7. The first-order valence-corrected chi connectivity index (χ1v) is 9.05. The van der Waals surface area contributed by atoms with E-state index in [4.69, 9.17) is 9.84 Å². The second kappa shape index (κ2) is 6.69. The fourth-order valence-corrected chi connectivity index (χ4v) is 3.53. The third kappa shape index (κ3) is 3.54. The second-order valence-corrected chi connectivity index (χ2v) is 7.26. The summed E-state index contributed by atoms with van der Waals surface area (Å²) in [5.74, 6) is 1.24. The number of fused-ring (bicyclic) bond motifs is 1. The molecule has 2 aromatic heterocycles. The third-order valence-corrected chi connectivity index (χ3v) is 5.02. The summed E-state index contributed by atoms with van der Waals surface area (Å²) >= 11 is 0. The Morgan fingerprint density at radius 1 is 1.25 bits per heavy atom. The van der Waals surface area contributed by atoms with Crippen LogP contribution in [0.25, 0.3) is 0 Å². The Hall–Kier alpha value is -1.66. The maximum atomic E-state index is 6.02. The Labute approximate surface area is 143 Å². The van der Waals surface area contributed by atoms with Gasteiger partial charge in [-0.2, -0.15) is 10.2 Å². The quantitative estimate of drug-likeness (QED) is 0.781. The molecule has 0 amide bonds. The molecular weight excluding hydrogens is 302 g/mol. The van der Waals surface area contributed by atoms with Gasteiger partial charge in [0.05, 0.1) is 18.5 Å². The van der Waals surface area contributed by atoms with Gasteiger partial charge in [0.25, 0.3) is 0 Å². The standard InChI is InChI=1S/C18H27N5O/c1-3-23-10-17-16(13-24-12-14-4-5-14)9-22(11-18(17)20-23)8-15-6-19-21(2)7-15/h6-7,10,14,16H,3-5,8-9,11-13H2,1-2H3/t16-/m1/s1. The van der Waals surface area contributed by atoms with Crippen LogP contribution in [0.1, 0.15) is 42.5 Å². The van der Waals surface area contributed by atoms with Gasteiger partial charge in [0.15, 0.2) is 0 Å². The molecule has 0 N–H and O–H groups in total. The van der Waals surface area contributed by atoms with Crippen molar-refractivity contribution in [1.82, 2.24) is 24.5 Å². The average molecular weight is 329 g/mol. The lowest BCUT2D eigenvalue weighted by molar-refractivity contribution is 0.0890. The summed E-state index contributed by atoms with van der Waals surface area (Å²) in [5.41, 5.74) is 3.86. The minimum atomic E-state index is 0.421. The topological polar surface area (TPSA) is 48.1 Å². The SMILES string of the molecule is CCn1cc2c(n1)CN(Cc1cnn(C)c1)C[C@@H]2COCC1CC1. The summed E-state index contributed by atoms with van der Waals surface area (Å²) in [6, 6.07) is 0. The lowest BCUT2D eigenvalue weighted by Crippen LogP contribution is -2.34. The lowest BCUT2D eigenvalue weighted by Gasteiger charge is -2.31. The summed E-state index contributed by atoms with van der Waals surface area (Å²) in [5, 5.41) is 9.06. The van der Waals surface area contributed by atoms with E-state index in [-0.39, 0.29) is 0 Å². The summed E-state index contributed by atoms with van der Waals surface area (Å²) in [6.45, 7) is 7.66. The molecule has 2 aliphatic rings. The van der Waals surface area contributed by atoms with Crippen molar-refractivity contribution < 1.29 is 4.74 Å². The van der Waals surface area contributed by atoms with E-state index in [2.05, 4.69) is 34.0 Å². The fourth-order valence-electron chi connectivity index (χ4n) is 3.53. The highest BCUT2D eigenvalue weighted by molar-refractivity contribution is 5.26. The average Bonchev–Trinajstić information content (AvgIpc) is 3.15. The summed E-state index contributed by atoms with van der Waals surface area (Å²) < 4.78 is 9.95. The van der Waals surface area contributed by atoms with Crippen molar-refractivity contribution in [3.05, 3.63) is 35.4 Å². The van der Waals surface area contributed by atoms with Crippen molar-refractivity contribution in [3.63, 3.8) is 0 Å². The molecule has 130 valence electrons. The highest BCUT2D eigenvalue weighted by Gasteiger charge is 2.29. The molecule has 6 heteroatoms. The number of nitrogens with zero attached hydrogens (tertiary/aromatic N) is 5. The molecule has 6 nitrogen and oxygen atoms in total. The van der Waals surface area contributed by atoms with Crippen molar-refractivity contribution in [1.29, 1.82) is 0 Å². The van der Waals surface area contributed by atoms with E-state index in [1.807, 2.05) is 17.9 Å². The van der Waals surface area contributed by atoms with E-state index >= 15 is 0 Å². The number of ether oxygens (including phenoxy) is 1. The van der Waals surface area contributed by atoms with Gasteiger partial charge in [-0.3, -0.25) is 14.3 Å². The Bertz CT molecular complexity index is 687. The van der Waals surface area contributed by atoms with E-state index in [0.29, 0.717) is 5.92 Å². The molecule has 0 aromatic carbocycles. The van der Waals surface area contributed by atoms with Gasteiger partial charge in [0, 0.05) is 69.3 Å². The first kappa shape index (κ1) is 15.8. The van der Waals surface area contributed by atoms with E-state index in [9.17, 15) is 0 Å². The molecule has 1 fully saturated rings. The molecule has 1 aliphatic carbocycles. The van der Waals surface area contributed by atoms with Crippen LogP contribution in [0, 0.1) is 5.92 Å². The van der Waals surface area contributed by atoms with Crippen LogP contribution < -0.4 is 0 Å². The van der Waals surface area contributed by atoms with Crippen LogP contribution in [0.3, 0.4) is 0 Å². The van der Waals surface area contributed by atoms with Crippen LogP contribution in [-0.2, 0) is 31.4 Å². The molecule has 4 rings (SSSR count). The van der Waals surface area contributed by atoms with Gasteiger partial charge in [-0.25, -0.2) is 0 Å². The van der Waals surface area contributed by atoms with Crippen molar-refractivity contribution in [2.75, 3.05) is 19.8 Å². The lowest BCUT2D eigenvalue weighted by atomic mass is 9.95. The van der Waals surface area contributed by atoms with Crippen LogP contribution in [-0.4, -0.2) is 44.2 Å². The monoisotopic (exact) mass is 329 g/mol. The molecular formula is C18H27N5O. The molecule has 0 spiro atoms. The zero-order chi connectivity index (χ0) is 16.5. The third-order valence-electron chi connectivity index (χ3n) is 5.02. The van der Waals surface area contributed by atoms with Crippen LogP contribution in [0.4, 0.5) is 0 Å². The van der Waals surface area contributed by atoms with Crippen LogP contribution in [0.2, 0.25) is 0 Å². The maximum absolute atomic E-state index is 6.02. The van der Waals surface area contributed by atoms with Gasteiger partial charge in [-0.15, -0.1) is 0 Å². The number of aryl methyl sites for hydroxylation is 2. The molecule has 1 aliphatic heterocycles. The molecule has 1 saturated carbocycles. The maximum Gasteiger partial charge on any atom is 0.0801 e. The Kier molecular flexibility index (Phi) is 4.41. The smallest absolute Gasteiger partial charge is 0.0801 e. The Morgan fingerprint density at radius 3 is 2.83 bits per heavy atom. The minimum Gasteiger partial charge on any atom is -0.380 e. The molecule has 1 atom stereocenters. The molecule has 0 unspecified atom stereocenters. The summed E-state index contributed by atoms with van der Waals surface area (Å²) in [4.78, 5) is 2.47. The van der Waals surface area contributed by atoms with Gasteiger partial charge in [-0.05, 0) is 25.7 Å². The van der Waals surface area contributed by atoms with Crippen LogP contribution in [0.15, 0.2) is 18.6 Å². The van der Waals surface area contributed by atoms with Gasteiger partial charge < -0.3 is 4.74 Å². The highest BCUT2D eigenvalue weighted by atomic mass is 16.5. The predicted octanol–water partition coefficient (Wildman–Crippen LogP) is 2.16. The fraction of sp³-hybridized carbons (Fsp3) is 0.667. The molecule has 0 radical (unpaired) electrons. The first-order chi connectivity index (χ1) is 11.7. The molecule has 0 bridgehead atoms. The summed E-state index contributed by atoms with van der Waals surface area (Å²) in [6.07, 6.45) is 8.97. The largest absolute Gasteiger partial charge is 0.380 e. The van der Waals surface area contributed by atoms with E-state index in [1.165, 1.54) is 29.7 Å². The highest BCUT2D eigenvalue weighted by Crippen LogP contribution is 2.31. The Balaban J connectivity index is 1.46. The van der Waals surface area contributed by atoms with Gasteiger partial charge in [0.2, 0.25) is 0 Å². The number of rotatable bonds is 7. The number of hydrogen-bond acceptors (Lipinski definition) is 4. The van der Waals surface area contributed by atoms with Gasteiger partial charge in [-0.1, -0.05) is 0 Å².